The summed E-state index contributed by atoms with van der Waals surface area (Å²) in [5.74, 6) is 0.681. The third kappa shape index (κ3) is 6.15. The largest absolute Gasteiger partial charge is 0.496 e. The second kappa shape index (κ2) is 13.3. The van der Waals surface area contributed by atoms with E-state index >= 15 is 0 Å². The molecule has 2 heterocycles. The third-order valence-corrected chi connectivity index (χ3v) is 7.37. The summed E-state index contributed by atoms with van der Waals surface area (Å²) in [5.41, 5.74) is 2.59. The van der Waals surface area contributed by atoms with Crippen molar-refractivity contribution in [3.05, 3.63) is 77.9 Å². The first-order valence-electron chi connectivity index (χ1n) is 13.8. The van der Waals surface area contributed by atoms with Crippen molar-refractivity contribution >= 4 is 22.8 Å². The minimum absolute atomic E-state index is 0.0772. The van der Waals surface area contributed by atoms with Gasteiger partial charge in [0.2, 0.25) is 11.8 Å². The first-order chi connectivity index (χ1) is 20.5. The number of carbonyl (C=O) groups excluding carboxylic acids is 2. The Morgan fingerprint density at radius 2 is 1.76 bits per heavy atom. The Bertz CT molecular complexity index is 1530. The van der Waals surface area contributed by atoms with Crippen LogP contribution in [-0.4, -0.2) is 72.3 Å². The summed E-state index contributed by atoms with van der Waals surface area (Å²) < 4.78 is 24.2. The normalized spacial score (nSPS) is 15.3. The predicted molar refractivity (Wildman–Crippen MR) is 155 cm³/mol. The van der Waals surface area contributed by atoms with E-state index < -0.39 is 6.04 Å². The van der Waals surface area contributed by atoms with Gasteiger partial charge in [-0.3, -0.25) is 9.59 Å². The molecule has 4 aromatic rings. The van der Waals surface area contributed by atoms with Crippen molar-refractivity contribution in [2.45, 2.75) is 38.1 Å². The summed E-state index contributed by atoms with van der Waals surface area (Å²) in [4.78, 5) is 30.0. The van der Waals surface area contributed by atoms with Gasteiger partial charge in [0, 0.05) is 24.3 Å². The number of rotatable bonds is 12. The molecule has 3 aromatic carbocycles. The van der Waals surface area contributed by atoms with Gasteiger partial charge < -0.3 is 29.2 Å². The lowest BCUT2D eigenvalue weighted by molar-refractivity contribution is -0.142. The number of nitrogens with one attached hydrogen (secondary N) is 1. The Morgan fingerprint density at radius 3 is 2.52 bits per heavy atom. The standard InChI is InChI=1S/C31H35N5O6/c1-39-26-15-7-4-10-21(26)19-35(28(37)20-36-25-14-6-5-13-24(25)33-34-36)29(31(38)32-18-22-11-9-17-42-22)23-12-8-16-27(40-2)30(23)41-3/h4-8,10,12-16,22,29H,9,11,17-20H2,1-3H3,(H,32,38)/t22-,29+/m0/s1. The fraction of sp³-hybridized carbons (Fsp3) is 0.355. The van der Waals surface area contributed by atoms with E-state index in [1.165, 1.54) is 23.8 Å². The fourth-order valence-corrected chi connectivity index (χ4v) is 5.29. The number of nitrogens with zero attached hydrogens (tertiary/aromatic N) is 4. The van der Waals surface area contributed by atoms with Crippen LogP contribution in [0.4, 0.5) is 0 Å². The molecule has 1 saturated heterocycles. The van der Waals surface area contributed by atoms with Gasteiger partial charge in [0.1, 0.15) is 23.9 Å². The molecular formula is C31H35N5O6. The van der Waals surface area contributed by atoms with Gasteiger partial charge in [0.25, 0.3) is 0 Å². The van der Waals surface area contributed by atoms with Gasteiger partial charge >= 0.3 is 0 Å². The Labute approximate surface area is 244 Å². The van der Waals surface area contributed by atoms with E-state index in [0.717, 1.165) is 18.4 Å². The second-order valence-electron chi connectivity index (χ2n) is 9.93. The van der Waals surface area contributed by atoms with Crippen LogP contribution < -0.4 is 19.5 Å². The monoisotopic (exact) mass is 573 g/mol. The topological polar surface area (TPSA) is 117 Å². The number of hydrogen-bond donors (Lipinski definition) is 1. The summed E-state index contributed by atoms with van der Waals surface area (Å²) in [6, 6.07) is 19.0. The minimum atomic E-state index is -1.08. The molecule has 2 atom stereocenters. The molecule has 1 aromatic heterocycles. The van der Waals surface area contributed by atoms with Crippen LogP contribution in [0.2, 0.25) is 0 Å². The summed E-state index contributed by atoms with van der Waals surface area (Å²) in [5, 5.41) is 11.4. The van der Waals surface area contributed by atoms with E-state index in [2.05, 4.69) is 15.6 Å². The summed E-state index contributed by atoms with van der Waals surface area (Å²) in [6.07, 6.45) is 1.72. The molecule has 1 aliphatic rings. The lowest BCUT2D eigenvalue weighted by atomic mass is 10.0. The van der Waals surface area contributed by atoms with Crippen LogP contribution in [0.15, 0.2) is 66.7 Å². The average Bonchev–Trinajstić information content (AvgIpc) is 3.70. The smallest absolute Gasteiger partial charge is 0.247 e. The van der Waals surface area contributed by atoms with Gasteiger partial charge in [0.15, 0.2) is 11.5 Å². The van der Waals surface area contributed by atoms with E-state index in [4.69, 9.17) is 18.9 Å². The third-order valence-electron chi connectivity index (χ3n) is 7.37. The van der Waals surface area contributed by atoms with Gasteiger partial charge in [0.05, 0.1) is 39.5 Å². The Kier molecular flexibility index (Phi) is 9.18. The second-order valence-corrected chi connectivity index (χ2v) is 9.93. The maximum Gasteiger partial charge on any atom is 0.247 e. The Hall–Kier alpha value is -4.64. The van der Waals surface area contributed by atoms with E-state index in [1.54, 1.807) is 25.3 Å². The summed E-state index contributed by atoms with van der Waals surface area (Å²) in [7, 11) is 4.61. The van der Waals surface area contributed by atoms with E-state index in [1.807, 2.05) is 48.5 Å². The van der Waals surface area contributed by atoms with Crippen molar-refractivity contribution in [1.29, 1.82) is 0 Å². The highest BCUT2D eigenvalue weighted by Crippen LogP contribution is 2.38. The zero-order valence-corrected chi connectivity index (χ0v) is 24.0. The van der Waals surface area contributed by atoms with Crippen molar-refractivity contribution in [3.63, 3.8) is 0 Å². The van der Waals surface area contributed by atoms with E-state index in [0.29, 0.717) is 47.0 Å². The molecule has 2 amide bonds. The van der Waals surface area contributed by atoms with Crippen LogP contribution in [0, 0.1) is 0 Å². The molecule has 0 radical (unpaired) electrons. The van der Waals surface area contributed by atoms with Crippen molar-refractivity contribution in [3.8, 4) is 17.2 Å². The van der Waals surface area contributed by atoms with Gasteiger partial charge in [-0.25, -0.2) is 4.68 Å². The average molecular weight is 574 g/mol. The number of para-hydroxylation sites is 3. The number of hydrogen-bond acceptors (Lipinski definition) is 8. The molecule has 11 nitrogen and oxygen atoms in total. The van der Waals surface area contributed by atoms with Crippen molar-refractivity contribution in [1.82, 2.24) is 25.2 Å². The van der Waals surface area contributed by atoms with Crippen LogP contribution in [0.5, 0.6) is 17.2 Å². The number of carbonyl (C=O) groups is 2. The highest BCUT2D eigenvalue weighted by molar-refractivity contribution is 5.90. The molecule has 0 aliphatic carbocycles. The van der Waals surface area contributed by atoms with Gasteiger partial charge in [-0.1, -0.05) is 47.7 Å². The van der Waals surface area contributed by atoms with E-state index in [-0.39, 0.29) is 31.0 Å². The first kappa shape index (κ1) is 28.9. The molecule has 0 saturated carbocycles. The van der Waals surface area contributed by atoms with Crippen molar-refractivity contribution in [2.24, 2.45) is 0 Å². The van der Waals surface area contributed by atoms with Gasteiger partial charge in [-0.2, -0.15) is 0 Å². The number of ether oxygens (including phenoxy) is 4. The maximum absolute atomic E-state index is 14.3. The Balaban J connectivity index is 1.59. The molecule has 220 valence electrons. The highest BCUT2D eigenvalue weighted by atomic mass is 16.5. The predicted octanol–water partition coefficient (Wildman–Crippen LogP) is 3.52. The van der Waals surface area contributed by atoms with Crippen LogP contribution >= 0.6 is 0 Å². The number of benzene rings is 3. The fourth-order valence-electron chi connectivity index (χ4n) is 5.29. The highest BCUT2D eigenvalue weighted by Gasteiger charge is 2.36. The molecule has 1 N–H and O–H groups in total. The Morgan fingerprint density at radius 1 is 1.00 bits per heavy atom. The van der Waals surface area contributed by atoms with Crippen LogP contribution in [0.1, 0.15) is 30.0 Å². The molecule has 0 unspecified atom stereocenters. The molecule has 11 heteroatoms. The molecule has 0 spiro atoms. The minimum Gasteiger partial charge on any atom is -0.496 e. The lowest BCUT2D eigenvalue weighted by Crippen LogP contribution is -2.46. The SMILES string of the molecule is COc1ccccc1CN(C(=O)Cn1nnc2ccccc21)[C@@H](C(=O)NC[C@@H]1CCCO1)c1cccc(OC)c1OC. The first-order valence-corrected chi connectivity index (χ1v) is 13.8. The van der Waals surface area contributed by atoms with Gasteiger partial charge in [-0.05, 0) is 37.1 Å². The van der Waals surface area contributed by atoms with Crippen molar-refractivity contribution < 1.29 is 28.5 Å². The van der Waals surface area contributed by atoms with E-state index in [9.17, 15) is 9.59 Å². The molecular weight excluding hydrogens is 538 g/mol. The molecule has 0 bridgehead atoms. The van der Waals surface area contributed by atoms with Crippen LogP contribution in [0.25, 0.3) is 11.0 Å². The molecule has 1 fully saturated rings. The number of aromatic nitrogens is 3. The van der Waals surface area contributed by atoms with Crippen molar-refractivity contribution in [2.75, 3.05) is 34.5 Å². The zero-order chi connectivity index (χ0) is 29.5. The number of methoxy groups -OCH3 is 3. The van der Waals surface area contributed by atoms with Gasteiger partial charge in [-0.15, -0.1) is 5.10 Å². The number of fused-ring (bicyclic) bond motifs is 1. The maximum atomic E-state index is 14.3. The number of amides is 2. The summed E-state index contributed by atoms with van der Waals surface area (Å²) >= 11 is 0. The van der Waals surface area contributed by atoms with Crippen LogP contribution in [0.3, 0.4) is 0 Å². The molecule has 5 rings (SSSR count). The molecule has 42 heavy (non-hydrogen) atoms. The van der Waals surface area contributed by atoms with Crippen LogP contribution in [-0.2, 0) is 27.4 Å². The molecule has 1 aliphatic heterocycles. The quantitative estimate of drug-likeness (QED) is 0.274. The summed E-state index contributed by atoms with van der Waals surface area (Å²) in [6.45, 7) is 0.926. The lowest BCUT2D eigenvalue weighted by Gasteiger charge is -2.33. The zero-order valence-electron chi connectivity index (χ0n) is 24.0.